The van der Waals surface area contributed by atoms with Gasteiger partial charge in [0.15, 0.2) is 0 Å². The van der Waals surface area contributed by atoms with Gasteiger partial charge in [0, 0.05) is 26.2 Å². The zero-order valence-electron chi connectivity index (χ0n) is 17.1. The van der Waals surface area contributed by atoms with E-state index in [0.29, 0.717) is 19.3 Å². The molecule has 0 radical (unpaired) electrons. The minimum Gasteiger partial charge on any atom is -0.481 e. The molecule has 0 spiro atoms. The molecular formula is C18H30O9Zr. The predicted molar refractivity (Wildman–Crippen MR) is 96.3 cm³/mol. The molecule has 0 heterocycles. The van der Waals surface area contributed by atoms with Crippen molar-refractivity contribution in [3.63, 3.8) is 0 Å². The standard InChI is InChI=1S/3C6H10O3.Zr/c3*1-3-5(4(2)7)6(8)9;/h3*5H,3H2,1-2H3,(H,8,9);. The van der Waals surface area contributed by atoms with Gasteiger partial charge < -0.3 is 15.3 Å². The maximum Gasteiger partial charge on any atom is 0.314 e. The monoisotopic (exact) mass is 480 g/mol. The molecule has 9 nitrogen and oxygen atoms in total. The molecule has 3 N–H and O–H groups in total. The molecule has 0 rings (SSSR count). The Bertz CT molecular complexity index is 425. The van der Waals surface area contributed by atoms with Gasteiger partial charge in [0.25, 0.3) is 0 Å². The van der Waals surface area contributed by atoms with Crippen LogP contribution in [0.5, 0.6) is 0 Å². The maximum atomic E-state index is 10.4. The Balaban J connectivity index is -0.000000152. The van der Waals surface area contributed by atoms with Crippen molar-refractivity contribution < 1.29 is 70.3 Å². The second kappa shape index (κ2) is 18.7. The van der Waals surface area contributed by atoms with Gasteiger partial charge in [-0.2, -0.15) is 0 Å². The summed E-state index contributed by atoms with van der Waals surface area (Å²) in [5.41, 5.74) is 0. The fourth-order valence-corrected chi connectivity index (χ4v) is 1.91. The van der Waals surface area contributed by atoms with Gasteiger partial charge in [-0.15, -0.1) is 0 Å². The summed E-state index contributed by atoms with van der Waals surface area (Å²) in [5, 5.41) is 25.0. The normalized spacial score (nSPS) is 12.2. The third-order valence-electron chi connectivity index (χ3n) is 3.59. The summed E-state index contributed by atoms with van der Waals surface area (Å²) in [5.74, 6) is -6.29. The van der Waals surface area contributed by atoms with Crippen LogP contribution in [0.25, 0.3) is 0 Å². The number of carbonyl (C=O) groups excluding carboxylic acids is 3. The summed E-state index contributed by atoms with van der Waals surface area (Å²) < 4.78 is 0. The molecule has 0 fully saturated rings. The smallest absolute Gasteiger partial charge is 0.314 e. The molecule has 10 heteroatoms. The number of carbonyl (C=O) groups is 6. The zero-order chi connectivity index (χ0) is 22.3. The van der Waals surface area contributed by atoms with Crippen molar-refractivity contribution in [3.05, 3.63) is 0 Å². The van der Waals surface area contributed by atoms with Crippen LogP contribution in [-0.2, 0) is 55.0 Å². The second-order valence-electron chi connectivity index (χ2n) is 5.73. The van der Waals surface area contributed by atoms with E-state index in [4.69, 9.17) is 15.3 Å². The minimum atomic E-state index is -1.02. The molecule has 0 saturated carbocycles. The summed E-state index contributed by atoms with van der Waals surface area (Å²) in [6.07, 6.45) is 1.14. The quantitative estimate of drug-likeness (QED) is 0.418. The van der Waals surface area contributed by atoms with E-state index < -0.39 is 35.7 Å². The van der Waals surface area contributed by atoms with Crippen LogP contribution >= 0.6 is 0 Å². The number of Topliss-reactive ketones (excluding diaryl/α,β-unsaturated/α-hetero) is 3. The minimum absolute atomic E-state index is 0. The molecule has 160 valence electrons. The van der Waals surface area contributed by atoms with Gasteiger partial charge >= 0.3 is 17.9 Å². The van der Waals surface area contributed by atoms with Crippen molar-refractivity contribution in [1.29, 1.82) is 0 Å². The van der Waals surface area contributed by atoms with Gasteiger partial charge in [-0.3, -0.25) is 28.8 Å². The second-order valence-corrected chi connectivity index (χ2v) is 5.73. The molecule has 0 saturated heterocycles. The molecule has 0 aliphatic heterocycles. The Morgan fingerprint density at radius 2 is 0.679 bits per heavy atom. The zero-order valence-corrected chi connectivity index (χ0v) is 19.6. The van der Waals surface area contributed by atoms with E-state index in [1.54, 1.807) is 20.8 Å². The number of ketones is 3. The first-order chi connectivity index (χ1) is 12.3. The van der Waals surface area contributed by atoms with Crippen molar-refractivity contribution >= 4 is 35.3 Å². The van der Waals surface area contributed by atoms with Crippen molar-refractivity contribution in [3.8, 4) is 0 Å². The van der Waals surface area contributed by atoms with Gasteiger partial charge in [-0.25, -0.2) is 0 Å². The molecule has 0 aliphatic carbocycles. The molecule has 28 heavy (non-hydrogen) atoms. The van der Waals surface area contributed by atoms with Gasteiger partial charge in [-0.1, -0.05) is 20.8 Å². The Labute approximate surface area is 184 Å². The van der Waals surface area contributed by atoms with E-state index >= 15 is 0 Å². The SMILES string of the molecule is CCC(C(C)=O)C(=O)O.CCC(C(C)=O)C(=O)O.CCC(C(C)=O)C(=O)O.[Zr]. The number of hydrogen-bond donors (Lipinski definition) is 3. The number of carboxylic acid groups (broad SMARTS) is 3. The van der Waals surface area contributed by atoms with Crippen LogP contribution in [-0.4, -0.2) is 50.6 Å². The molecule has 0 aromatic carbocycles. The van der Waals surface area contributed by atoms with Crippen LogP contribution in [0.4, 0.5) is 0 Å². The Kier molecular flexibility index (Phi) is 22.6. The summed E-state index contributed by atoms with van der Waals surface area (Å²) in [7, 11) is 0. The first-order valence-electron chi connectivity index (χ1n) is 8.47. The first kappa shape index (κ1) is 33.9. The summed E-state index contributed by atoms with van der Waals surface area (Å²) in [6, 6.07) is 0. The van der Waals surface area contributed by atoms with Gasteiger partial charge in [-0.05, 0) is 40.0 Å². The van der Waals surface area contributed by atoms with Crippen LogP contribution in [0.1, 0.15) is 60.8 Å². The van der Waals surface area contributed by atoms with Crippen LogP contribution in [0, 0.1) is 17.8 Å². The van der Waals surface area contributed by atoms with Gasteiger partial charge in [0.05, 0.1) is 0 Å². The van der Waals surface area contributed by atoms with E-state index in [0.717, 1.165) is 0 Å². The first-order valence-corrected chi connectivity index (χ1v) is 8.47. The molecule has 0 aliphatic rings. The predicted octanol–water partition coefficient (Wildman–Crippen LogP) is 2.06. The fourth-order valence-electron chi connectivity index (χ4n) is 1.91. The Morgan fingerprint density at radius 3 is 0.679 bits per heavy atom. The van der Waals surface area contributed by atoms with E-state index in [2.05, 4.69) is 0 Å². The van der Waals surface area contributed by atoms with E-state index in [-0.39, 0.29) is 43.6 Å². The fraction of sp³-hybridized carbons (Fsp3) is 0.667. The van der Waals surface area contributed by atoms with Crippen molar-refractivity contribution in [2.75, 3.05) is 0 Å². The Morgan fingerprint density at radius 1 is 0.536 bits per heavy atom. The molecule has 0 amide bonds. The maximum absolute atomic E-state index is 10.4. The molecule has 0 aromatic rings. The number of carboxylic acids is 3. The number of hydrogen-bond acceptors (Lipinski definition) is 6. The number of aliphatic carboxylic acids is 3. The summed E-state index contributed by atoms with van der Waals surface area (Å²) >= 11 is 0. The average Bonchev–Trinajstić information content (AvgIpc) is 2.47. The van der Waals surface area contributed by atoms with Crippen molar-refractivity contribution in [2.45, 2.75) is 60.8 Å². The van der Waals surface area contributed by atoms with E-state index in [1.165, 1.54) is 20.8 Å². The van der Waals surface area contributed by atoms with Gasteiger partial charge in [0.1, 0.15) is 35.1 Å². The molecule has 3 atom stereocenters. The van der Waals surface area contributed by atoms with Crippen LogP contribution in [0.2, 0.25) is 0 Å². The Hall–Kier alpha value is -1.70. The molecular weight excluding hydrogens is 451 g/mol. The molecule has 0 aromatic heterocycles. The summed E-state index contributed by atoms with van der Waals surface area (Å²) in [4.78, 5) is 61.8. The van der Waals surface area contributed by atoms with E-state index in [9.17, 15) is 28.8 Å². The van der Waals surface area contributed by atoms with Crippen LogP contribution in [0.15, 0.2) is 0 Å². The van der Waals surface area contributed by atoms with Crippen LogP contribution in [0.3, 0.4) is 0 Å². The third-order valence-corrected chi connectivity index (χ3v) is 3.59. The largest absolute Gasteiger partial charge is 0.481 e. The van der Waals surface area contributed by atoms with Crippen molar-refractivity contribution in [1.82, 2.24) is 0 Å². The van der Waals surface area contributed by atoms with E-state index in [1.807, 2.05) is 0 Å². The molecule has 0 bridgehead atoms. The molecule has 3 unspecified atom stereocenters. The van der Waals surface area contributed by atoms with Crippen molar-refractivity contribution in [2.24, 2.45) is 17.8 Å². The third kappa shape index (κ3) is 16.5. The van der Waals surface area contributed by atoms with Gasteiger partial charge in [0.2, 0.25) is 0 Å². The number of rotatable bonds is 9. The topological polar surface area (TPSA) is 163 Å². The summed E-state index contributed by atoms with van der Waals surface area (Å²) in [6.45, 7) is 8.92. The van der Waals surface area contributed by atoms with Crippen LogP contribution < -0.4 is 0 Å². The average molecular weight is 482 g/mol.